The fourth-order valence-electron chi connectivity index (χ4n) is 3.22. The molecular formula is C20H23N3O4S. The first-order chi connectivity index (χ1) is 13.3. The first-order valence-electron chi connectivity index (χ1n) is 9.05. The highest BCUT2D eigenvalue weighted by Crippen LogP contribution is 2.16. The van der Waals surface area contributed by atoms with Gasteiger partial charge in [-0.25, -0.2) is 13.6 Å². The second-order valence-electron chi connectivity index (χ2n) is 6.90. The fraction of sp³-hybridized carbons (Fsp3) is 0.300. The molecule has 0 aromatic heterocycles. The number of aryl methyl sites for hydroxylation is 1. The molecule has 3 N–H and O–H groups in total. The molecule has 1 aliphatic rings. The molecule has 0 atom stereocenters. The molecule has 148 valence electrons. The smallest absolute Gasteiger partial charge is 0.253 e. The maximum atomic E-state index is 12.5. The van der Waals surface area contributed by atoms with E-state index in [0.29, 0.717) is 11.1 Å². The number of rotatable bonds is 5. The van der Waals surface area contributed by atoms with Crippen LogP contribution in [-0.2, 0) is 16.6 Å². The molecule has 0 spiro atoms. The standard InChI is InChI=1S/C20H23N3O4S/c1-14-7-8-17(28(21,26)27)12-18(14)19(24)22-13-15-5-4-6-16(11-15)20(25)23-9-2-3-10-23/h4-8,11-12H,2-3,9-10,13H2,1H3,(H,22,24)(H2,21,26,27). The number of hydrogen-bond donors (Lipinski definition) is 2. The Balaban J connectivity index is 1.71. The Morgan fingerprint density at radius 1 is 1.11 bits per heavy atom. The Kier molecular flexibility index (Phi) is 5.81. The second kappa shape index (κ2) is 8.12. The van der Waals surface area contributed by atoms with Crippen molar-refractivity contribution >= 4 is 21.8 Å². The first kappa shape index (κ1) is 20.0. The van der Waals surface area contributed by atoms with Gasteiger partial charge in [0.05, 0.1) is 4.90 Å². The lowest BCUT2D eigenvalue weighted by molar-refractivity contribution is 0.0792. The fourth-order valence-corrected chi connectivity index (χ4v) is 3.76. The van der Waals surface area contributed by atoms with Crippen molar-refractivity contribution in [3.63, 3.8) is 0 Å². The van der Waals surface area contributed by atoms with Crippen molar-refractivity contribution in [1.82, 2.24) is 10.2 Å². The largest absolute Gasteiger partial charge is 0.348 e. The van der Waals surface area contributed by atoms with Gasteiger partial charge < -0.3 is 10.2 Å². The topological polar surface area (TPSA) is 110 Å². The summed E-state index contributed by atoms with van der Waals surface area (Å²) in [5, 5.41) is 7.91. The summed E-state index contributed by atoms with van der Waals surface area (Å²) in [6.07, 6.45) is 2.05. The van der Waals surface area contributed by atoms with E-state index in [-0.39, 0.29) is 22.9 Å². The van der Waals surface area contributed by atoms with Crippen molar-refractivity contribution < 1.29 is 18.0 Å². The van der Waals surface area contributed by atoms with E-state index in [4.69, 9.17) is 5.14 Å². The van der Waals surface area contributed by atoms with Crippen LogP contribution in [-0.4, -0.2) is 38.2 Å². The highest BCUT2D eigenvalue weighted by molar-refractivity contribution is 7.89. The molecule has 8 heteroatoms. The summed E-state index contributed by atoms with van der Waals surface area (Å²) in [6, 6.07) is 11.3. The zero-order chi connectivity index (χ0) is 20.3. The van der Waals surface area contributed by atoms with Crippen molar-refractivity contribution in [3.8, 4) is 0 Å². The summed E-state index contributed by atoms with van der Waals surface area (Å²) in [7, 11) is -3.89. The van der Waals surface area contributed by atoms with E-state index in [0.717, 1.165) is 31.5 Å². The summed E-state index contributed by atoms with van der Waals surface area (Å²) in [5.41, 5.74) is 2.28. The van der Waals surface area contributed by atoms with Crippen LogP contribution in [0.25, 0.3) is 0 Å². The van der Waals surface area contributed by atoms with Crippen LogP contribution in [0.3, 0.4) is 0 Å². The summed E-state index contributed by atoms with van der Waals surface area (Å²) in [5.74, 6) is -0.401. The zero-order valence-corrected chi connectivity index (χ0v) is 16.5. The Hall–Kier alpha value is -2.71. The van der Waals surface area contributed by atoms with E-state index in [1.807, 2.05) is 11.0 Å². The highest BCUT2D eigenvalue weighted by Gasteiger charge is 2.20. The maximum absolute atomic E-state index is 12.5. The summed E-state index contributed by atoms with van der Waals surface area (Å²) in [4.78, 5) is 26.8. The van der Waals surface area contributed by atoms with Gasteiger partial charge in [0.1, 0.15) is 0 Å². The molecule has 0 radical (unpaired) electrons. The molecular weight excluding hydrogens is 378 g/mol. The van der Waals surface area contributed by atoms with Crippen LogP contribution >= 0.6 is 0 Å². The first-order valence-corrected chi connectivity index (χ1v) is 10.6. The Morgan fingerprint density at radius 3 is 2.50 bits per heavy atom. The summed E-state index contributed by atoms with van der Waals surface area (Å²) >= 11 is 0. The number of benzene rings is 2. The number of hydrogen-bond acceptors (Lipinski definition) is 4. The van der Waals surface area contributed by atoms with Crippen LogP contribution in [0.4, 0.5) is 0 Å². The third-order valence-electron chi connectivity index (χ3n) is 4.80. The molecule has 1 saturated heterocycles. The molecule has 2 amide bonds. The molecule has 0 aliphatic carbocycles. The van der Waals surface area contributed by atoms with Crippen LogP contribution in [0.2, 0.25) is 0 Å². The Morgan fingerprint density at radius 2 is 1.82 bits per heavy atom. The lowest BCUT2D eigenvalue weighted by Crippen LogP contribution is -2.28. The minimum absolute atomic E-state index is 0.00220. The quantitative estimate of drug-likeness (QED) is 0.796. The van der Waals surface area contributed by atoms with Crippen LogP contribution < -0.4 is 10.5 Å². The Bertz CT molecular complexity index is 1010. The molecule has 0 saturated carbocycles. The van der Waals surface area contributed by atoms with Gasteiger partial charge in [0.15, 0.2) is 0 Å². The minimum atomic E-state index is -3.89. The number of sulfonamides is 1. The van der Waals surface area contributed by atoms with Crippen molar-refractivity contribution in [2.24, 2.45) is 5.14 Å². The van der Waals surface area contributed by atoms with Crippen molar-refractivity contribution in [3.05, 3.63) is 64.7 Å². The lowest BCUT2D eigenvalue weighted by atomic mass is 10.1. The van der Waals surface area contributed by atoms with E-state index in [2.05, 4.69) is 5.32 Å². The van der Waals surface area contributed by atoms with Crippen LogP contribution in [0.15, 0.2) is 47.4 Å². The van der Waals surface area contributed by atoms with Gasteiger partial charge in [-0.2, -0.15) is 0 Å². The molecule has 0 bridgehead atoms. The van der Waals surface area contributed by atoms with Gasteiger partial charge in [-0.15, -0.1) is 0 Å². The monoisotopic (exact) mass is 401 g/mol. The zero-order valence-electron chi connectivity index (χ0n) is 15.6. The number of nitrogens with two attached hydrogens (primary N) is 1. The number of carbonyl (C=O) groups is 2. The van der Waals surface area contributed by atoms with Gasteiger partial charge in [0, 0.05) is 30.8 Å². The van der Waals surface area contributed by atoms with Crippen LogP contribution in [0.5, 0.6) is 0 Å². The summed E-state index contributed by atoms with van der Waals surface area (Å²) in [6.45, 7) is 3.50. The third-order valence-corrected chi connectivity index (χ3v) is 5.71. The molecule has 1 heterocycles. The second-order valence-corrected chi connectivity index (χ2v) is 8.47. The molecule has 3 rings (SSSR count). The number of nitrogens with zero attached hydrogens (tertiary/aromatic N) is 1. The molecule has 1 aliphatic heterocycles. The molecule has 0 unspecified atom stereocenters. The van der Waals surface area contributed by atoms with Gasteiger partial charge >= 0.3 is 0 Å². The number of amides is 2. The number of nitrogens with one attached hydrogen (secondary N) is 1. The number of likely N-dealkylation sites (tertiary alicyclic amines) is 1. The van der Waals surface area contributed by atoms with E-state index in [9.17, 15) is 18.0 Å². The van der Waals surface area contributed by atoms with Crippen LogP contribution in [0.1, 0.15) is 44.7 Å². The Labute approximate surface area is 164 Å². The molecule has 2 aromatic carbocycles. The average molecular weight is 401 g/mol. The van der Waals surface area contributed by atoms with E-state index in [1.54, 1.807) is 31.2 Å². The normalized spacial score (nSPS) is 14.1. The van der Waals surface area contributed by atoms with Crippen molar-refractivity contribution in [2.45, 2.75) is 31.2 Å². The highest BCUT2D eigenvalue weighted by atomic mass is 32.2. The molecule has 2 aromatic rings. The van der Waals surface area contributed by atoms with Crippen molar-refractivity contribution in [2.75, 3.05) is 13.1 Å². The van der Waals surface area contributed by atoms with E-state index < -0.39 is 15.9 Å². The third kappa shape index (κ3) is 4.58. The van der Waals surface area contributed by atoms with E-state index in [1.165, 1.54) is 12.1 Å². The molecule has 1 fully saturated rings. The van der Waals surface area contributed by atoms with Crippen LogP contribution in [0, 0.1) is 6.92 Å². The van der Waals surface area contributed by atoms with Gasteiger partial charge in [0.25, 0.3) is 11.8 Å². The van der Waals surface area contributed by atoms with Gasteiger partial charge in [-0.3, -0.25) is 9.59 Å². The molecule has 7 nitrogen and oxygen atoms in total. The van der Waals surface area contributed by atoms with E-state index >= 15 is 0 Å². The van der Waals surface area contributed by atoms with Gasteiger partial charge in [-0.05, 0) is 55.2 Å². The predicted molar refractivity (Wildman–Crippen MR) is 105 cm³/mol. The lowest BCUT2D eigenvalue weighted by Gasteiger charge is -2.16. The van der Waals surface area contributed by atoms with Gasteiger partial charge in [-0.1, -0.05) is 18.2 Å². The average Bonchev–Trinajstić information content (AvgIpc) is 3.20. The van der Waals surface area contributed by atoms with Crippen molar-refractivity contribution in [1.29, 1.82) is 0 Å². The SMILES string of the molecule is Cc1ccc(S(N)(=O)=O)cc1C(=O)NCc1cccc(C(=O)N2CCCC2)c1. The molecule has 28 heavy (non-hydrogen) atoms. The summed E-state index contributed by atoms with van der Waals surface area (Å²) < 4.78 is 23.0. The maximum Gasteiger partial charge on any atom is 0.253 e. The minimum Gasteiger partial charge on any atom is -0.348 e. The van der Waals surface area contributed by atoms with Gasteiger partial charge in [0.2, 0.25) is 10.0 Å². The number of primary sulfonamides is 1. The number of carbonyl (C=O) groups excluding carboxylic acids is 2. The predicted octanol–water partition coefficient (Wildman–Crippen LogP) is 1.81.